The van der Waals surface area contributed by atoms with Crippen LogP contribution < -0.4 is 5.32 Å². The minimum Gasteiger partial charge on any atom is -0.388 e. The number of carbonyl (C=O) groups is 1. The van der Waals surface area contributed by atoms with Crippen molar-refractivity contribution in [2.45, 2.75) is 25.5 Å². The number of hydrogen-bond acceptors (Lipinski definition) is 3. The molecular formula is C19H20FN3O2. The van der Waals surface area contributed by atoms with Crippen LogP contribution in [0.3, 0.4) is 0 Å². The molecule has 0 aliphatic rings. The third-order valence-electron chi connectivity index (χ3n) is 4.20. The van der Waals surface area contributed by atoms with Gasteiger partial charge in [-0.15, -0.1) is 0 Å². The lowest BCUT2D eigenvalue weighted by Crippen LogP contribution is -2.33. The normalized spacial score (nSPS) is 13.6. The highest BCUT2D eigenvalue weighted by atomic mass is 19.1. The largest absolute Gasteiger partial charge is 0.388 e. The average Bonchev–Trinajstić information content (AvgIpc) is 2.96. The molecule has 0 saturated heterocycles. The van der Waals surface area contributed by atoms with Crippen LogP contribution in [0.15, 0.2) is 48.8 Å². The zero-order chi connectivity index (χ0) is 18.0. The first-order valence-corrected chi connectivity index (χ1v) is 8.09. The van der Waals surface area contributed by atoms with Gasteiger partial charge in [-0.05, 0) is 49.2 Å². The van der Waals surface area contributed by atoms with Gasteiger partial charge in [0, 0.05) is 18.7 Å². The fourth-order valence-corrected chi connectivity index (χ4v) is 2.80. The molecule has 0 aliphatic carbocycles. The van der Waals surface area contributed by atoms with Gasteiger partial charge in [-0.1, -0.05) is 12.1 Å². The van der Waals surface area contributed by atoms with Gasteiger partial charge in [0.05, 0.1) is 23.5 Å². The van der Waals surface area contributed by atoms with Gasteiger partial charge in [0.2, 0.25) is 0 Å². The molecule has 0 bridgehead atoms. The molecule has 3 aromatic rings. The van der Waals surface area contributed by atoms with Crippen LogP contribution in [-0.2, 0) is 7.05 Å². The molecule has 1 amide bonds. The number of carbonyl (C=O) groups excluding carboxylic acids is 1. The zero-order valence-electron chi connectivity index (χ0n) is 14.1. The lowest BCUT2D eigenvalue weighted by Gasteiger charge is -2.18. The van der Waals surface area contributed by atoms with Gasteiger partial charge in [0.15, 0.2) is 0 Å². The lowest BCUT2D eigenvalue weighted by molar-refractivity contribution is 0.0917. The monoisotopic (exact) mass is 341 g/mol. The summed E-state index contributed by atoms with van der Waals surface area (Å²) in [5, 5.41) is 13.1. The number of benzene rings is 2. The Morgan fingerprint density at radius 1 is 1.28 bits per heavy atom. The summed E-state index contributed by atoms with van der Waals surface area (Å²) in [7, 11) is 1.90. The summed E-state index contributed by atoms with van der Waals surface area (Å²) in [6, 6.07) is 10.8. The van der Waals surface area contributed by atoms with E-state index in [1.54, 1.807) is 30.6 Å². The minimum absolute atomic E-state index is 0.216. The predicted molar refractivity (Wildman–Crippen MR) is 93.6 cm³/mol. The van der Waals surface area contributed by atoms with Gasteiger partial charge < -0.3 is 15.0 Å². The third kappa shape index (κ3) is 3.85. The first kappa shape index (κ1) is 17.1. The van der Waals surface area contributed by atoms with Crippen LogP contribution in [0.5, 0.6) is 0 Å². The molecule has 0 spiro atoms. The van der Waals surface area contributed by atoms with Gasteiger partial charge in [-0.3, -0.25) is 4.79 Å². The van der Waals surface area contributed by atoms with E-state index in [9.17, 15) is 14.3 Å². The van der Waals surface area contributed by atoms with Crippen LogP contribution >= 0.6 is 0 Å². The number of aliphatic hydroxyl groups excluding tert-OH is 1. The average molecular weight is 341 g/mol. The van der Waals surface area contributed by atoms with E-state index >= 15 is 0 Å². The third-order valence-corrected chi connectivity index (χ3v) is 4.20. The van der Waals surface area contributed by atoms with E-state index in [-0.39, 0.29) is 17.8 Å². The molecule has 1 heterocycles. The first-order chi connectivity index (χ1) is 11.9. The maximum Gasteiger partial charge on any atom is 0.251 e. The van der Waals surface area contributed by atoms with Crippen molar-refractivity contribution < 1.29 is 14.3 Å². The van der Waals surface area contributed by atoms with Crippen LogP contribution in [0.25, 0.3) is 11.0 Å². The molecule has 2 atom stereocenters. The van der Waals surface area contributed by atoms with Gasteiger partial charge in [0.1, 0.15) is 5.82 Å². The van der Waals surface area contributed by atoms with E-state index in [0.717, 1.165) is 11.0 Å². The van der Waals surface area contributed by atoms with Crippen LogP contribution in [0.4, 0.5) is 4.39 Å². The van der Waals surface area contributed by atoms with E-state index in [1.165, 1.54) is 12.1 Å². The van der Waals surface area contributed by atoms with Crippen molar-refractivity contribution in [3.8, 4) is 0 Å². The second-order valence-electron chi connectivity index (χ2n) is 6.24. The molecule has 2 N–H and O–H groups in total. The molecule has 0 radical (unpaired) electrons. The van der Waals surface area contributed by atoms with Crippen molar-refractivity contribution in [2.24, 2.45) is 7.05 Å². The van der Waals surface area contributed by atoms with E-state index in [2.05, 4.69) is 10.3 Å². The Morgan fingerprint density at radius 3 is 2.72 bits per heavy atom. The van der Waals surface area contributed by atoms with Crippen molar-refractivity contribution in [3.05, 3.63) is 65.7 Å². The second kappa shape index (κ2) is 7.03. The highest BCUT2D eigenvalue weighted by Gasteiger charge is 2.16. The van der Waals surface area contributed by atoms with Gasteiger partial charge in [-0.25, -0.2) is 9.37 Å². The van der Waals surface area contributed by atoms with Crippen LogP contribution in [0, 0.1) is 5.82 Å². The zero-order valence-corrected chi connectivity index (χ0v) is 14.1. The number of fused-ring (bicyclic) bond motifs is 1. The fourth-order valence-electron chi connectivity index (χ4n) is 2.80. The van der Waals surface area contributed by atoms with Crippen LogP contribution in [-0.4, -0.2) is 26.6 Å². The molecule has 25 heavy (non-hydrogen) atoms. The number of aryl methyl sites for hydroxylation is 1. The maximum atomic E-state index is 12.9. The maximum absolute atomic E-state index is 12.9. The van der Waals surface area contributed by atoms with Gasteiger partial charge in [0.25, 0.3) is 5.91 Å². The Kier molecular flexibility index (Phi) is 4.81. The smallest absolute Gasteiger partial charge is 0.251 e. The Bertz CT molecular complexity index is 889. The molecule has 1 aromatic heterocycles. The molecule has 3 rings (SSSR count). The standard InChI is InChI=1S/C19H20FN3O2/c1-12(9-18(24)13-3-6-15(20)7-4-13)22-19(25)14-5-8-17-16(10-14)21-11-23(17)2/h3-8,10-12,18,24H,9H2,1-2H3,(H,22,25). The summed E-state index contributed by atoms with van der Waals surface area (Å²) in [5.74, 6) is -0.562. The Labute approximate surface area is 145 Å². The lowest BCUT2D eigenvalue weighted by atomic mass is 10.0. The Hall–Kier alpha value is -2.73. The highest BCUT2D eigenvalue weighted by Crippen LogP contribution is 2.19. The molecule has 6 heteroatoms. The van der Waals surface area contributed by atoms with E-state index in [1.807, 2.05) is 24.6 Å². The van der Waals surface area contributed by atoms with Crippen molar-refractivity contribution in [1.82, 2.24) is 14.9 Å². The fraction of sp³-hybridized carbons (Fsp3) is 0.263. The van der Waals surface area contributed by atoms with Crippen molar-refractivity contribution >= 4 is 16.9 Å². The Morgan fingerprint density at radius 2 is 2.00 bits per heavy atom. The summed E-state index contributed by atoms with van der Waals surface area (Å²) < 4.78 is 14.8. The molecule has 2 unspecified atom stereocenters. The van der Waals surface area contributed by atoms with Gasteiger partial charge >= 0.3 is 0 Å². The molecule has 5 nitrogen and oxygen atoms in total. The number of halogens is 1. The molecule has 0 fully saturated rings. The number of nitrogens with one attached hydrogen (secondary N) is 1. The number of hydrogen-bond donors (Lipinski definition) is 2. The van der Waals surface area contributed by atoms with E-state index < -0.39 is 6.10 Å². The van der Waals surface area contributed by atoms with E-state index in [4.69, 9.17) is 0 Å². The summed E-state index contributed by atoms with van der Waals surface area (Å²) in [6.45, 7) is 1.82. The number of amides is 1. The summed E-state index contributed by atoms with van der Waals surface area (Å²) in [5.41, 5.74) is 2.86. The topological polar surface area (TPSA) is 67.2 Å². The van der Waals surface area contributed by atoms with Crippen molar-refractivity contribution in [1.29, 1.82) is 0 Å². The van der Waals surface area contributed by atoms with E-state index in [0.29, 0.717) is 17.5 Å². The van der Waals surface area contributed by atoms with Crippen LogP contribution in [0.1, 0.15) is 35.4 Å². The number of aliphatic hydroxyl groups is 1. The second-order valence-corrected chi connectivity index (χ2v) is 6.24. The summed E-state index contributed by atoms with van der Waals surface area (Å²) in [6.07, 6.45) is 1.27. The minimum atomic E-state index is -0.769. The molecule has 2 aromatic carbocycles. The number of aromatic nitrogens is 2. The number of nitrogens with zero attached hydrogens (tertiary/aromatic N) is 2. The quantitative estimate of drug-likeness (QED) is 0.750. The summed E-state index contributed by atoms with van der Waals surface area (Å²) >= 11 is 0. The molecule has 130 valence electrons. The number of rotatable bonds is 5. The Balaban J connectivity index is 1.63. The van der Waals surface area contributed by atoms with Crippen LogP contribution in [0.2, 0.25) is 0 Å². The predicted octanol–water partition coefficient (Wildman–Crippen LogP) is 2.95. The highest BCUT2D eigenvalue weighted by molar-refractivity contribution is 5.97. The summed E-state index contributed by atoms with van der Waals surface area (Å²) in [4.78, 5) is 16.6. The van der Waals surface area contributed by atoms with Crippen molar-refractivity contribution in [2.75, 3.05) is 0 Å². The molecule has 0 aliphatic heterocycles. The SMILES string of the molecule is CC(CC(O)c1ccc(F)cc1)NC(=O)c1ccc2c(c1)ncn2C. The molecule has 0 saturated carbocycles. The molecular weight excluding hydrogens is 321 g/mol. The van der Waals surface area contributed by atoms with Gasteiger partial charge in [-0.2, -0.15) is 0 Å². The first-order valence-electron chi connectivity index (χ1n) is 8.09. The van der Waals surface area contributed by atoms with Crippen molar-refractivity contribution in [3.63, 3.8) is 0 Å². The number of imidazole rings is 1.